The molecule has 1 fully saturated rings. The molecule has 0 radical (unpaired) electrons. The Bertz CT molecular complexity index is 565. The lowest BCUT2D eigenvalue weighted by Gasteiger charge is -2.20. The molecule has 1 aromatic rings. The summed E-state index contributed by atoms with van der Waals surface area (Å²) in [7, 11) is 0. The minimum atomic E-state index is -0.365. The summed E-state index contributed by atoms with van der Waals surface area (Å²) in [5, 5.41) is 5.67. The van der Waals surface area contributed by atoms with Gasteiger partial charge in [-0.15, -0.1) is 0 Å². The van der Waals surface area contributed by atoms with Crippen molar-refractivity contribution in [3.05, 3.63) is 33.8 Å². The number of carbonyl (C=O) groups excluding carboxylic acids is 2. The van der Waals surface area contributed by atoms with E-state index in [0.29, 0.717) is 23.1 Å². The van der Waals surface area contributed by atoms with Crippen molar-refractivity contribution in [3.63, 3.8) is 0 Å². The van der Waals surface area contributed by atoms with Crippen LogP contribution in [0.15, 0.2) is 18.2 Å². The number of amides is 3. The molecule has 1 saturated heterocycles. The second-order valence-electron chi connectivity index (χ2n) is 5.16. The van der Waals surface area contributed by atoms with Crippen LogP contribution in [0.25, 0.3) is 0 Å². The average Bonchev–Trinajstić information content (AvgIpc) is 2.83. The highest BCUT2D eigenvalue weighted by molar-refractivity contribution is 6.35. The quantitative estimate of drug-likeness (QED) is 0.879. The molecule has 2 atom stereocenters. The van der Waals surface area contributed by atoms with Crippen molar-refractivity contribution in [2.75, 3.05) is 13.1 Å². The van der Waals surface area contributed by atoms with Gasteiger partial charge in [0.05, 0.1) is 5.02 Å². The summed E-state index contributed by atoms with van der Waals surface area (Å²) in [6.45, 7) is 4.68. The minimum Gasteiger partial charge on any atom is -0.336 e. The molecule has 0 bridgehead atoms. The number of carbonyl (C=O) groups is 2. The van der Waals surface area contributed by atoms with Gasteiger partial charge in [0.15, 0.2) is 6.04 Å². The van der Waals surface area contributed by atoms with Crippen LogP contribution in [-0.4, -0.2) is 36.0 Å². The zero-order valence-electron chi connectivity index (χ0n) is 11.9. The fourth-order valence-corrected chi connectivity index (χ4v) is 3.00. The third kappa shape index (κ3) is 3.67. The highest BCUT2D eigenvalue weighted by atomic mass is 35.5. The first kappa shape index (κ1) is 16.1. The first-order valence-electron chi connectivity index (χ1n) is 6.79. The summed E-state index contributed by atoms with van der Waals surface area (Å²) < 4.78 is 0. The molecule has 0 unspecified atom stereocenters. The van der Waals surface area contributed by atoms with E-state index in [0.717, 1.165) is 5.56 Å². The third-order valence-corrected chi connectivity index (χ3v) is 4.11. The van der Waals surface area contributed by atoms with Crippen molar-refractivity contribution in [3.8, 4) is 0 Å². The van der Waals surface area contributed by atoms with Gasteiger partial charge in [0.1, 0.15) is 6.04 Å². The lowest BCUT2D eigenvalue weighted by molar-refractivity contribution is -0.710. The Morgan fingerprint density at radius 1 is 1.38 bits per heavy atom. The van der Waals surface area contributed by atoms with Crippen LogP contribution in [-0.2, 0) is 4.79 Å². The van der Waals surface area contributed by atoms with Gasteiger partial charge in [-0.05, 0) is 26.0 Å². The molecule has 2 rings (SSSR count). The van der Waals surface area contributed by atoms with E-state index < -0.39 is 0 Å². The molecule has 0 saturated carbocycles. The van der Waals surface area contributed by atoms with Gasteiger partial charge in [0.25, 0.3) is 5.91 Å². The van der Waals surface area contributed by atoms with E-state index in [-0.39, 0.29) is 24.0 Å². The van der Waals surface area contributed by atoms with Gasteiger partial charge in [-0.1, -0.05) is 29.3 Å². The summed E-state index contributed by atoms with van der Waals surface area (Å²) in [5.41, 5.74) is 0.909. The molecular weight excluding hydrogens is 313 g/mol. The summed E-state index contributed by atoms with van der Waals surface area (Å²) in [6.07, 6.45) is 0. The summed E-state index contributed by atoms with van der Waals surface area (Å²) in [4.78, 5) is 25.0. The van der Waals surface area contributed by atoms with Crippen LogP contribution in [0, 0.1) is 0 Å². The van der Waals surface area contributed by atoms with Gasteiger partial charge >= 0.3 is 6.03 Å². The fraction of sp³-hybridized carbons (Fsp3) is 0.429. The largest absolute Gasteiger partial charge is 0.336 e. The molecule has 1 heterocycles. The summed E-state index contributed by atoms with van der Waals surface area (Å²) in [6, 6.07) is 4.61. The molecule has 0 spiro atoms. The van der Waals surface area contributed by atoms with E-state index in [2.05, 4.69) is 5.32 Å². The van der Waals surface area contributed by atoms with Crippen molar-refractivity contribution in [1.29, 1.82) is 0 Å². The van der Waals surface area contributed by atoms with Crippen LogP contribution in [0.2, 0.25) is 10.0 Å². The standard InChI is InChI=1S/C14H17Cl2N3O2/c1-8(11-4-3-10(15)7-12(11)16)18-9(2)13(20)19-6-5-17-14(19)21/h3-4,7-9,18H,5-6H2,1-2H3,(H,17,21)/p+1/t8-,9-/m0/s1. The maximum absolute atomic E-state index is 12.2. The van der Waals surface area contributed by atoms with E-state index in [1.165, 1.54) is 4.90 Å². The number of halogens is 2. The zero-order chi connectivity index (χ0) is 15.6. The lowest BCUT2D eigenvalue weighted by Crippen LogP contribution is -2.92. The first-order chi connectivity index (χ1) is 9.90. The number of imide groups is 1. The fourth-order valence-electron chi connectivity index (χ4n) is 2.42. The predicted molar refractivity (Wildman–Crippen MR) is 81.4 cm³/mol. The van der Waals surface area contributed by atoms with Crippen molar-refractivity contribution in [1.82, 2.24) is 10.2 Å². The van der Waals surface area contributed by atoms with E-state index >= 15 is 0 Å². The SMILES string of the molecule is C[C@H]([NH2+][C@@H](C)c1ccc(Cl)cc1Cl)C(=O)N1CCNC1=O. The van der Waals surface area contributed by atoms with Crippen molar-refractivity contribution < 1.29 is 14.9 Å². The molecule has 7 heteroatoms. The molecule has 0 aromatic heterocycles. The Morgan fingerprint density at radius 2 is 2.10 bits per heavy atom. The second-order valence-corrected chi connectivity index (χ2v) is 6.00. The van der Waals surface area contributed by atoms with Crippen LogP contribution in [0.1, 0.15) is 25.5 Å². The Hall–Kier alpha value is -1.30. The Morgan fingerprint density at radius 3 is 2.67 bits per heavy atom. The molecule has 21 heavy (non-hydrogen) atoms. The van der Waals surface area contributed by atoms with Crippen LogP contribution < -0.4 is 10.6 Å². The summed E-state index contributed by atoms with van der Waals surface area (Å²) >= 11 is 12.1. The number of nitrogens with zero attached hydrogens (tertiary/aromatic N) is 1. The van der Waals surface area contributed by atoms with Gasteiger partial charge in [0, 0.05) is 23.7 Å². The number of urea groups is 1. The van der Waals surface area contributed by atoms with Crippen LogP contribution >= 0.6 is 23.2 Å². The number of hydrogen-bond acceptors (Lipinski definition) is 2. The molecule has 114 valence electrons. The van der Waals surface area contributed by atoms with E-state index in [1.54, 1.807) is 19.1 Å². The van der Waals surface area contributed by atoms with E-state index in [1.807, 2.05) is 18.3 Å². The molecule has 0 aliphatic carbocycles. The molecule has 1 aliphatic rings. The second kappa shape index (κ2) is 6.64. The highest BCUT2D eigenvalue weighted by Gasteiger charge is 2.32. The highest BCUT2D eigenvalue weighted by Crippen LogP contribution is 2.24. The van der Waals surface area contributed by atoms with Crippen molar-refractivity contribution >= 4 is 35.1 Å². The van der Waals surface area contributed by atoms with Gasteiger partial charge in [-0.3, -0.25) is 9.69 Å². The number of hydrogen-bond donors (Lipinski definition) is 2. The van der Waals surface area contributed by atoms with Gasteiger partial charge < -0.3 is 10.6 Å². The first-order valence-corrected chi connectivity index (χ1v) is 7.55. The van der Waals surface area contributed by atoms with Crippen LogP contribution in [0.3, 0.4) is 0 Å². The Kier molecular flexibility index (Phi) is 5.08. The molecule has 5 nitrogen and oxygen atoms in total. The van der Waals surface area contributed by atoms with E-state index in [9.17, 15) is 9.59 Å². The zero-order valence-corrected chi connectivity index (χ0v) is 13.4. The maximum Gasteiger partial charge on any atom is 0.324 e. The van der Waals surface area contributed by atoms with Gasteiger partial charge in [-0.25, -0.2) is 4.79 Å². The number of nitrogens with two attached hydrogens (primary N) is 1. The molecule has 3 N–H and O–H groups in total. The third-order valence-electron chi connectivity index (χ3n) is 3.54. The molecule has 3 amide bonds. The van der Waals surface area contributed by atoms with E-state index in [4.69, 9.17) is 23.2 Å². The van der Waals surface area contributed by atoms with Crippen LogP contribution in [0.5, 0.6) is 0 Å². The monoisotopic (exact) mass is 330 g/mol. The average molecular weight is 331 g/mol. The van der Waals surface area contributed by atoms with Crippen molar-refractivity contribution in [2.24, 2.45) is 0 Å². The summed E-state index contributed by atoms with van der Waals surface area (Å²) in [5.74, 6) is -0.193. The normalized spacial score (nSPS) is 17.5. The minimum absolute atomic E-state index is 0.0145. The van der Waals surface area contributed by atoms with Crippen molar-refractivity contribution in [2.45, 2.75) is 25.9 Å². The smallest absolute Gasteiger partial charge is 0.324 e. The number of nitrogens with one attached hydrogen (secondary N) is 1. The van der Waals surface area contributed by atoms with Crippen LogP contribution in [0.4, 0.5) is 4.79 Å². The number of benzene rings is 1. The predicted octanol–water partition coefficient (Wildman–Crippen LogP) is 1.56. The Balaban J connectivity index is 2.03. The Labute approximate surface area is 133 Å². The van der Waals surface area contributed by atoms with Gasteiger partial charge in [0.2, 0.25) is 0 Å². The molecule has 1 aliphatic heterocycles. The number of quaternary nitrogens is 1. The maximum atomic E-state index is 12.2. The number of rotatable bonds is 4. The molecular formula is C14H18Cl2N3O2+. The topological polar surface area (TPSA) is 66.0 Å². The lowest BCUT2D eigenvalue weighted by atomic mass is 10.1. The van der Waals surface area contributed by atoms with Gasteiger partial charge in [-0.2, -0.15) is 0 Å². The molecule has 1 aromatic carbocycles.